The number of benzene rings is 1. The molecule has 4 rings (SSSR count). The Hall–Kier alpha value is -2.61. The Kier molecular flexibility index (Phi) is 4.27. The maximum absolute atomic E-state index is 13.5. The standard InChI is InChI=1S/C17H17FN6S/c18-12-3-4-15-14(7-12)11(8-20-15)6-16-22-23-17(25)24(16)5-1-2-13-9-19-10-21-13/h3-4,7-10,20H,1-2,5-6H2,(H,19,21)(H,23,25). The van der Waals surface area contributed by atoms with E-state index in [0.29, 0.717) is 11.6 Å². The number of halogens is 1. The van der Waals surface area contributed by atoms with Crippen LogP contribution in [0.1, 0.15) is 23.5 Å². The lowest BCUT2D eigenvalue weighted by Crippen LogP contribution is -2.06. The van der Waals surface area contributed by atoms with Gasteiger partial charge in [0.15, 0.2) is 5.16 Å². The Bertz CT molecular complexity index is 988. The van der Waals surface area contributed by atoms with Gasteiger partial charge in [-0.2, -0.15) is 0 Å². The molecule has 3 heterocycles. The summed E-state index contributed by atoms with van der Waals surface area (Å²) in [7, 11) is 0. The van der Waals surface area contributed by atoms with E-state index in [1.807, 2.05) is 17.0 Å². The van der Waals surface area contributed by atoms with E-state index in [2.05, 4.69) is 37.8 Å². The Morgan fingerprint density at radius 1 is 1.20 bits per heavy atom. The van der Waals surface area contributed by atoms with Crippen molar-refractivity contribution in [3.63, 3.8) is 0 Å². The van der Waals surface area contributed by atoms with Crippen LogP contribution in [0.4, 0.5) is 4.39 Å². The van der Waals surface area contributed by atoms with E-state index < -0.39 is 0 Å². The monoisotopic (exact) mass is 356 g/mol. The van der Waals surface area contributed by atoms with E-state index in [1.165, 1.54) is 6.07 Å². The van der Waals surface area contributed by atoms with Crippen molar-refractivity contribution in [3.8, 4) is 0 Å². The van der Waals surface area contributed by atoms with Crippen LogP contribution in [0.5, 0.6) is 0 Å². The summed E-state index contributed by atoms with van der Waals surface area (Å²) in [5.74, 6) is 0.570. The van der Waals surface area contributed by atoms with Crippen LogP contribution in [0.15, 0.2) is 42.1 Å². The zero-order chi connectivity index (χ0) is 17.2. The molecule has 0 saturated heterocycles. The third-order valence-electron chi connectivity index (χ3n) is 4.26. The van der Waals surface area contributed by atoms with Crippen molar-refractivity contribution >= 4 is 23.5 Å². The number of imidazole rings is 1. The van der Waals surface area contributed by atoms with E-state index >= 15 is 0 Å². The highest BCUT2D eigenvalue weighted by atomic mass is 32.1. The van der Waals surface area contributed by atoms with Crippen LogP contribution in [-0.2, 0) is 19.4 Å². The minimum Gasteiger partial charge on any atom is -0.361 e. The fraction of sp³-hybridized carbons (Fsp3) is 0.235. The molecule has 8 heteroatoms. The van der Waals surface area contributed by atoms with E-state index in [0.717, 1.165) is 47.4 Å². The Balaban J connectivity index is 1.53. The quantitative estimate of drug-likeness (QED) is 0.465. The molecule has 0 aliphatic heterocycles. The Morgan fingerprint density at radius 2 is 2.12 bits per heavy atom. The van der Waals surface area contributed by atoms with Crippen molar-refractivity contribution in [2.24, 2.45) is 0 Å². The molecule has 4 aromatic rings. The van der Waals surface area contributed by atoms with Gasteiger partial charge in [0.25, 0.3) is 0 Å². The number of aryl methyl sites for hydroxylation is 1. The molecule has 0 aliphatic carbocycles. The first-order chi connectivity index (χ1) is 12.2. The lowest BCUT2D eigenvalue weighted by atomic mass is 10.1. The average Bonchev–Trinajstić information content (AvgIpc) is 3.32. The summed E-state index contributed by atoms with van der Waals surface area (Å²) < 4.78 is 15.5. The van der Waals surface area contributed by atoms with Crippen LogP contribution in [0.2, 0.25) is 0 Å². The van der Waals surface area contributed by atoms with Crippen LogP contribution in [-0.4, -0.2) is 29.7 Å². The van der Waals surface area contributed by atoms with E-state index in [9.17, 15) is 4.39 Å². The van der Waals surface area contributed by atoms with Crippen molar-refractivity contribution < 1.29 is 4.39 Å². The topological polar surface area (TPSA) is 75.2 Å². The third-order valence-corrected chi connectivity index (χ3v) is 4.59. The molecule has 0 bridgehead atoms. The molecule has 1 aromatic carbocycles. The summed E-state index contributed by atoms with van der Waals surface area (Å²) in [6.45, 7) is 0.755. The number of thiol groups is 1. The second-order valence-corrected chi connectivity index (χ2v) is 6.31. The van der Waals surface area contributed by atoms with Gasteiger partial charge < -0.3 is 14.5 Å². The van der Waals surface area contributed by atoms with Gasteiger partial charge in [-0.3, -0.25) is 0 Å². The SMILES string of the molecule is Fc1ccc2[nH]cc(Cc3nnc(S)n3CCCc3c[nH]cn3)c2c1. The van der Waals surface area contributed by atoms with Gasteiger partial charge in [-0.15, -0.1) is 22.8 Å². The van der Waals surface area contributed by atoms with Gasteiger partial charge in [0.1, 0.15) is 11.6 Å². The van der Waals surface area contributed by atoms with Gasteiger partial charge in [0, 0.05) is 36.3 Å². The molecule has 0 atom stereocenters. The van der Waals surface area contributed by atoms with Crippen LogP contribution < -0.4 is 0 Å². The minimum absolute atomic E-state index is 0.247. The number of rotatable bonds is 6. The largest absolute Gasteiger partial charge is 0.361 e. The van der Waals surface area contributed by atoms with E-state index in [1.54, 1.807) is 18.5 Å². The molecule has 3 aromatic heterocycles. The number of fused-ring (bicyclic) bond motifs is 1. The second-order valence-electron chi connectivity index (χ2n) is 5.91. The fourth-order valence-electron chi connectivity index (χ4n) is 3.00. The molecule has 2 N–H and O–H groups in total. The van der Waals surface area contributed by atoms with Crippen LogP contribution in [0.3, 0.4) is 0 Å². The number of hydrogen-bond donors (Lipinski definition) is 3. The number of nitrogens with one attached hydrogen (secondary N) is 2. The summed E-state index contributed by atoms with van der Waals surface area (Å²) in [4.78, 5) is 10.4. The molecule has 0 unspecified atom stereocenters. The highest BCUT2D eigenvalue weighted by Gasteiger charge is 2.13. The molecule has 0 spiro atoms. The smallest absolute Gasteiger partial charge is 0.188 e. The summed E-state index contributed by atoms with van der Waals surface area (Å²) in [5, 5.41) is 9.78. The molecule has 128 valence electrons. The molecule has 0 aliphatic rings. The van der Waals surface area contributed by atoms with Gasteiger partial charge in [0.2, 0.25) is 0 Å². The van der Waals surface area contributed by atoms with Crippen LogP contribution in [0, 0.1) is 5.82 Å². The molecule has 6 nitrogen and oxygen atoms in total. The van der Waals surface area contributed by atoms with E-state index in [-0.39, 0.29) is 5.82 Å². The molecular formula is C17H17FN6S. The molecule has 0 fully saturated rings. The summed E-state index contributed by atoms with van der Waals surface area (Å²) in [6, 6.07) is 4.74. The highest BCUT2D eigenvalue weighted by molar-refractivity contribution is 7.80. The number of hydrogen-bond acceptors (Lipinski definition) is 4. The lowest BCUT2D eigenvalue weighted by Gasteiger charge is -2.07. The van der Waals surface area contributed by atoms with Gasteiger partial charge in [-0.05, 0) is 36.6 Å². The predicted octanol–water partition coefficient (Wildman–Crippen LogP) is 3.13. The second kappa shape index (κ2) is 6.72. The van der Waals surface area contributed by atoms with Crippen molar-refractivity contribution in [1.29, 1.82) is 0 Å². The summed E-state index contributed by atoms with van der Waals surface area (Å²) in [6.07, 6.45) is 7.82. The summed E-state index contributed by atoms with van der Waals surface area (Å²) in [5.41, 5.74) is 2.93. The molecule has 0 amide bonds. The number of nitrogens with zero attached hydrogens (tertiary/aromatic N) is 4. The summed E-state index contributed by atoms with van der Waals surface area (Å²) >= 11 is 4.41. The first-order valence-corrected chi connectivity index (χ1v) is 8.49. The number of aromatic amines is 2. The van der Waals surface area contributed by atoms with E-state index in [4.69, 9.17) is 0 Å². The maximum Gasteiger partial charge on any atom is 0.188 e. The fourth-order valence-corrected chi connectivity index (χ4v) is 3.26. The van der Waals surface area contributed by atoms with Gasteiger partial charge >= 0.3 is 0 Å². The van der Waals surface area contributed by atoms with Gasteiger partial charge in [-0.1, -0.05) is 0 Å². The zero-order valence-corrected chi connectivity index (χ0v) is 14.3. The molecule has 0 radical (unpaired) electrons. The van der Waals surface area contributed by atoms with Gasteiger partial charge in [-0.25, -0.2) is 9.37 Å². The normalized spacial score (nSPS) is 11.4. The average molecular weight is 356 g/mol. The van der Waals surface area contributed by atoms with Crippen LogP contribution in [0.25, 0.3) is 10.9 Å². The Morgan fingerprint density at radius 3 is 2.96 bits per heavy atom. The van der Waals surface area contributed by atoms with Gasteiger partial charge in [0.05, 0.1) is 12.0 Å². The number of H-pyrrole nitrogens is 2. The Labute approximate surface area is 148 Å². The maximum atomic E-state index is 13.5. The minimum atomic E-state index is -0.247. The van der Waals surface area contributed by atoms with Crippen molar-refractivity contribution in [2.75, 3.05) is 0 Å². The molecule has 0 saturated carbocycles. The lowest BCUT2D eigenvalue weighted by molar-refractivity contribution is 0.574. The first kappa shape index (κ1) is 15.9. The first-order valence-electron chi connectivity index (χ1n) is 8.05. The van der Waals surface area contributed by atoms with Crippen molar-refractivity contribution in [2.45, 2.75) is 31.0 Å². The predicted molar refractivity (Wildman–Crippen MR) is 95.2 cm³/mol. The zero-order valence-electron chi connectivity index (χ0n) is 13.4. The molecule has 25 heavy (non-hydrogen) atoms. The molecular weight excluding hydrogens is 339 g/mol. The van der Waals surface area contributed by atoms with Crippen LogP contribution >= 0.6 is 12.6 Å². The van der Waals surface area contributed by atoms with Crippen molar-refractivity contribution in [3.05, 3.63) is 59.8 Å². The third kappa shape index (κ3) is 3.30. The van der Waals surface area contributed by atoms with Crippen molar-refractivity contribution in [1.82, 2.24) is 29.7 Å². The number of aromatic nitrogens is 6. The highest BCUT2D eigenvalue weighted by Crippen LogP contribution is 2.22.